The third-order valence-electron chi connectivity index (χ3n) is 1.92. The molecule has 1 aliphatic rings. The minimum atomic E-state index is -0.0604. The summed E-state index contributed by atoms with van der Waals surface area (Å²) < 4.78 is 0. The molecule has 1 heteroatoms. The molecule has 1 rings (SSSR count). The van der Waals surface area contributed by atoms with Crippen molar-refractivity contribution in [3.63, 3.8) is 0 Å². The Labute approximate surface area is 73.4 Å². The summed E-state index contributed by atoms with van der Waals surface area (Å²) in [6.45, 7) is 3.91. The van der Waals surface area contributed by atoms with Crippen LogP contribution in [-0.4, -0.2) is 0 Å². The summed E-state index contributed by atoms with van der Waals surface area (Å²) in [5.74, 6) is 6.01. The molecule has 1 unspecified atom stereocenters. The van der Waals surface area contributed by atoms with E-state index >= 15 is 0 Å². The lowest BCUT2D eigenvalue weighted by Crippen LogP contribution is -2.11. The molecule has 0 heterocycles. The maximum Gasteiger partial charge on any atom is 0.0988 e. The first kappa shape index (κ1) is 8.62. The number of hydrogen-bond donors (Lipinski definition) is 0. The molecular formula is C11H11N. The molecule has 0 fully saturated rings. The Morgan fingerprint density at radius 3 is 2.75 bits per heavy atom. The van der Waals surface area contributed by atoms with E-state index in [9.17, 15) is 0 Å². The van der Waals surface area contributed by atoms with E-state index in [-0.39, 0.29) is 5.41 Å². The van der Waals surface area contributed by atoms with E-state index in [1.165, 1.54) is 0 Å². The lowest BCUT2D eigenvalue weighted by molar-refractivity contribution is 0.580. The van der Waals surface area contributed by atoms with Gasteiger partial charge in [-0.25, -0.2) is 0 Å². The normalized spacial score (nSPS) is 26.6. The highest BCUT2D eigenvalue weighted by Gasteiger charge is 2.19. The van der Waals surface area contributed by atoms with E-state index < -0.39 is 0 Å². The van der Waals surface area contributed by atoms with Crippen molar-refractivity contribution in [3.05, 3.63) is 23.8 Å². The molecule has 0 radical (unpaired) electrons. The first-order valence-electron chi connectivity index (χ1n) is 3.93. The van der Waals surface area contributed by atoms with Crippen LogP contribution in [0.4, 0.5) is 0 Å². The smallest absolute Gasteiger partial charge is 0.0988 e. The second-order valence-electron chi connectivity index (χ2n) is 3.10. The van der Waals surface area contributed by atoms with Crippen molar-refractivity contribution in [3.8, 4) is 17.9 Å². The number of allylic oxidation sites excluding steroid dienone is 4. The van der Waals surface area contributed by atoms with Crippen molar-refractivity contribution in [1.29, 1.82) is 5.26 Å². The molecule has 1 aliphatic carbocycles. The van der Waals surface area contributed by atoms with Gasteiger partial charge in [0, 0.05) is 5.57 Å². The average Bonchev–Trinajstić information content (AvgIpc) is 2.06. The number of nitrogens with zero attached hydrogens (tertiary/aromatic N) is 1. The molecule has 1 atom stereocenters. The molecule has 0 amide bonds. The fourth-order valence-electron chi connectivity index (χ4n) is 1.19. The van der Waals surface area contributed by atoms with Gasteiger partial charge in [-0.15, -0.1) is 5.92 Å². The van der Waals surface area contributed by atoms with Crippen molar-refractivity contribution in [1.82, 2.24) is 0 Å². The molecule has 0 spiro atoms. The van der Waals surface area contributed by atoms with Gasteiger partial charge in [-0.2, -0.15) is 5.26 Å². The van der Waals surface area contributed by atoms with Crippen LogP contribution in [-0.2, 0) is 0 Å². The number of nitriles is 1. The summed E-state index contributed by atoms with van der Waals surface area (Å²) >= 11 is 0. The summed E-state index contributed by atoms with van der Waals surface area (Å²) in [6.07, 6.45) is 6.62. The lowest BCUT2D eigenvalue weighted by Gasteiger charge is -2.19. The highest BCUT2D eigenvalue weighted by atomic mass is 14.3. The van der Waals surface area contributed by atoms with Crippen molar-refractivity contribution < 1.29 is 0 Å². The van der Waals surface area contributed by atoms with Crippen molar-refractivity contribution in [2.45, 2.75) is 20.3 Å². The molecule has 60 valence electrons. The Morgan fingerprint density at radius 1 is 1.58 bits per heavy atom. The summed E-state index contributed by atoms with van der Waals surface area (Å²) in [5.41, 5.74) is 0.681. The van der Waals surface area contributed by atoms with Gasteiger partial charge in [-0.3, -0.25) is 0 Å². The predicted octanol–water partition coefficient (Wildman–Crippen LogP) is 2.43. The third kappa shape index (κ3) is 1.77. The van der Waals surface area contributed by atoms with Crippen LogP contribution in [0.15, 0.2) is 23.8 Å². The zero-order valence-electron chi connectivity index (χ0n) is 7.39. The van der Waals surface area contributed by atoms with Gasteiger partial charge >= 0.3 is 0 Å². The average molecular weight is 157 g/mol. The fourth-order valence-corrected chi connectivity index (χ4v) is 1.19. The van der Waals surface area contributed by atoms with E-state index in [0.717, 1.165) is 12.0 Å². The van der Waals surface area contributed by atoms with E-state index in [4.69, 9.17) is 5.26 Å². The second kappa shape index (κ2) is 3.28. The SMILES string of the molecule is CC#CC1(C)C=CC(C#N)=CC1. The summed E-state index contributed by atoms with van der Waals surface area (Å²) in [4.78, 5) is 0. The lowest BCUT2D eigenvalue weighted by atomic mass is 9.83. The van der Waals surface area contributed by atoms with Crippen molar-refractivity contribution in [2.24, 2.45) is 5.41 Å². The molecule has 0 saturated heterocycles. The van der Waals surface area contributed by atoms with Crippen LogP contribution in [0, 0.1) is 28.6 Å². The molecule has 12 heavy (non-hydrogen) atoms. The van der Waals surface area contributed by atoms with Gasteiger partial charge in [0.15, 0.2) is 0 Å². The molecule has 0 aromatic rings. The third-order valence-corrected chi connectivity index (χ3v) is 1.92. The van der Waals surface area contributed by atoms with Crippen LogP contribution in [0.3, 0.4) is 0 Å². The van der Waals surface area contributed by atoms with Gasteiger partial charge in [0.1, 0.15) is 0 Å². The zero-order valence-corrected chi connectivity index (χ0v) is 7.39. The van der Waals surface area contributed by atoms with E-state index in [1.54, 1.807) is 0 Å². The quantitative estimate of drug-likeness (QED) is 0.495. The second-order valence-corrected chi connectivity index (χ2v) is 3.10. The maximum absolute atomic E-state index is 8.59. The van der Waals surface area contributed by atoms with Crippen LogP contribution in [0.2, 0.25) is 0 Å². The molecule has 1 nitrogen and oxygen atoms in total. The van der Waals surface area contributed by atoms with Crippen LogP contribution in [0.1, 0.15) is 20.3 Å². The van der Waals surface area contributed by atoms with Crippen LogP contribution in [0.25, 0.3) is 0 Å². The molecule has 0 N–H and O–H groups in total. The number of hydrogen-bond acceptors (Lipinski definition) is 1. The van der Waals surface area contributed by atoms with Gasteiger partial charge in [-0.05, 0) is 26.3 Å². The van der Waals surface area contributed by atoms with Crippen molar-refractivity contribution in [2.75, 3.05) is 0 Å². The molecule has 0 aromatic heterocycles. The largest absolute Gasteiger partial charge is 0.192 e. The van der Waals surface area contributed by atoms with E-state index in [0.29, 0.717) is 0 Å². The van der Waals surface area contributed by atoms with E-state index in [1.807, 2.05) is 25.2 Å². The Hall–Kier alpha value is -1.47. The maximum atomic E-state index is 8.59. The number of rotatable bonds is 0. The molecule has 0 saturated carbocycles. The molecular weight excluding hydrogens is 146 g/mol. The van der Waals surface area contributed by atoms with Crippen LogP contribution >= 0.6 is 0 Å². The molecule has 0 bridgehead atoms. The van der Waals surface area contributed by atoms with Gasteiger partial charge < -0.3 is 0 Å². The fraction of sp³-hybridized carbons (Fsp3) is 0.364. The Balaban J connectivity index is 2.83. The standard InChI is InChI=1S/C11H11N/c1-3-6-11(2)7-4-10(9-12)5-8-11/h4-5,7H,8H2,1-2H3. The summed E-state index contributed by atoms with van der Waals surface area (Å²) in [5, 5.41) is 8.59. The predicted molar refractivity (Wildman–Crippen MR) is 49.0 cm³/mol. The van der Waals surface area contributed by atoms with Crippen molar-refractivity contribution >= 4 is 0 Å². The minimum Gasteiger partial charge on any atom is -0.192 e. The van der Waals surface area contributed by atoms with Gasteiger partial charge in [0.25, 0.3) is 0 Å². The Bertz CT molecular complexity index is 330. The first-order valence-corrected chi connectivity index (χ1v) is 3.93. The molecule has 0 aliphatic heterocycles. The van der Waals surface area contributed by atoms with Gasteiger partial charge in [0.2, 0.25) is 0 Å². The van der Waals surface area contributed by atoms with Crippen LogP contribution < -0.4 is 0 Å². The molecule has 0 aromatic carbocycles. The zero-order chi connectivity index (χ0) is 9.03. The minimum absolute atomic E-state index is 0.0604. The highest BCUT2D eigenvalue weighted by molar-refractivity contribution is 5.39. The first-order chi connectivity index (χ1) is 5.70. The monoisotopic (exact) mass is 157 g/mol. The van der Waals surface area contributed by atoms with Gasteiger partial charge in [0.05, 0.1) is 11.5 Å². The van der Waals surface area contributed by atoms with Gasteiger partial charge in [-0.1, -0.05) is 18.1 Å². The summed E-state index contributed by atoms with van der Waals surface area (Å²) in [7, 11) is 0. The Morgan fingerprint density at radius 2 is 2.33 bits per heavy atom. The van der Waals surface area contributed by atoms with E-state index in [2.05, 4.69) is 24.8 Å². The Kier molecular flexibility index (Phi) is 2.36. The summed E-state index contributed by atoms with van der Waals surface area (Å²) in [6, 6.07) is 2.11. The van der Waals surface area contributed by atoms with Crippen LogP contribution in [0.5, 0.6) is 0 Å². The topological polar surface area (TPSA) is 23.8 Å². The highest BCUT2D eigenvalue weighted by Crippen LogP contribution is 2.27.